The maximum absolute atomic E-state index is 13.9. The Labute approximate surface area is 268 Å². The number of methoxy groups -OCH3 is 1. The maximum atomic E-state index is 13.9. The highest BCUT2D eigenvalue weighted by atomic mass is 79.9. The molecule has 2 heterocycles. The maximum Gasteiger partial charge on any atom is 0.338 e. The zero-order valence-electron chi connectivity index (χ0n) is 22.8. The van der Waals surface area contributed by atoms with Crippen molar-refractivity contribution in [3.05, 3.63) is 122 Å². The molecule has 0 saturated carbocycles. The van der Waals surface area contributed by atoms with Crippen LogP contribution in [0.3, 0.4) is 0 Å². The first-order valence-electron chi connectivity index (χ1n) is 12.9. The van der Waals surface area contributed by atoms with Crippen molar-refractivity contribution in [2.45, 2.75) is 26.5 Å². The summed E-state index contributed by atoms with van der Waals surface area (Å²) in [6.45, 7) is 4.05. The molecule has 0 spiro atoms. The van der Waals surface area contributed by atoms with Crippen molar-refractivity contribution >= 4 is 66.8 Å². The summed E-state index contributed by atoms with van der Waals surface area (Å²) in [5.41, 5.74) is 3.04. The summed E-state index contributed by atoms with van der Waals surface area (Å²) in [6.07, 6.45) is 1.78. The number of thiazole rings is 1. The Kier molecular flexibility index (Phi) is 9.37. The van der Waals surface area contributed by atoms with Gasteiger partial charge in [0, 0.05) is 9.50 Å². The van der Waals surface area contributed by atoms with E-state index in [1.807, 2.05) is 60.7 Å². The molecular formula is C31H25Br2ClN2O5S. The van der Waals surface area contributed by atoms with Crippen LogP contribution in [0.4, 0.5) is 0 Å². The van der Waals surface area contributed by atoms with Crippen LogP contribution in [-0.2, 0) is 16.1 Å². The van der Waals surface area contributed by atoms with Crippen LogP contribution in [-0.4, -0.2) is 24.3 Å². The second-order valence-electron chi connectivity index (χ2n) is 9.30. The van der Waals surface area contributed by atoms with Crippen LogP contribution in [0.2, 0.25) is 5.02 Å². The minimum atomic E-state index is -0.680. The molecule has 0 aliphatic carbocycles. The third-order valence-electron chi connectivity index (χ3n) is 6.55. The Hall–Kier alpha value is -3.18. The minimum absolute atomic E-state index is 0.212. The number of carbonyl (C=O) groups is 1. The number of fused-ring (bicyclic) bond motifs is 1. The summed E-state index contributed by atoms with van der Waals surface area (Å²) < 4.78 is 20.6. The lowest BCUT2D eigenvalue weighted by Gasteiger charge is -2.24. The molecule has 216 valence electrons. The van der Waals surface area contributed by atoms with E-state index in [0.29, 0.717) is 48.2 Å². The standard InChI is InChI=1S/C31H25Br2ClN2O5S/c1-4-40-30(38)26-17(2)35-31-36(27(26)20-7-9-21(32)10-8-20)29(37)25(42-31)15-19-13-23(33)28(24(14-19)39-3)41-16-18-5-11-22(34)12-6-18/h5-15,27H,4,16H2,1-3H3/b25-15-/t27-/m0/s1. The fraction of sp³-hybridized carbons (Fsp3) is 0.194. The van der Waals surface area contributed by atoms with E-state index >= 15 is 0 Å². The summed E-state index contributed by atoms with van der Waals surface area (Å²) in [4.78, 5) is 32.1. The third kappa shape index (κ3) is 6.27. The lowest BCUT2D eigenvalue weighted by molar-refractivity contribution is -0.139. The summed E-state index contributed by atoms with van der Waals surface area (Å²) >= 11 is 14.3. The molecule has 0 amide bonds. The first kappa shape index (κ1) is 30.3. The van der Waals surface area contributed by atoms with E-state index in [-0.39, 0.29) is 12.2 Å². The van der Waals surface area contributed by atoms with Crippen LogP contribution in [0.25, 0.3) is 6.08 Å². The largest absolute Gasteiger partial charge is 0.493 e. The molecule has 11 heteroatoms. The van der Waals surface area contributed by atoms with Crippen LogP contribution in [0.15, 0.2) is 90.7 Å². The topological polar surface area (TPSA) is 79.1 Å². The van der Waals surface area contributed by atoms with Gasteiger partial charge in [-0.2, -0.15) is 0 Å². The molecule has 0 unspecified atom stereocenters. The zero-order chi connectivity index (χ0) is 30.0. The molecule has 1 aromatic heterocycles. The van der Waals surface area contributed by atoms with E-state index in [1.54, 1.807) is 31.6 Å². The van der Waals surface area contributed by atoms with Crippen LogP contribution in [0.1, 0.15) is 36.6 Å². The molecule has 0 saturated heterocycles. The Balaban J connectivity index is 1.56. The number of hydrogen-bond acceptors (Lipinski definition) is 7. The smallest absolute Gasteiger partial charge is 0.338 e. The normalized spacial score (nSPS) is 14.8. The fourth-order valence-corrected chi connectivity index (χ4v) is 6.61. The number of esters is 1. The van der Waals surface area contributed by atoms with Crippen LogP contribution < -0.4 is 24.4 Å². The van der Waals surface area contributed by atoms with E-state index in [2.05, 4.69) is 36.9 Å². The first-order valence-corrected chi connectivity index (χ1v) is 15.7. The van der Waals surface area contributed by atoms with Gasteiger partial charge in [0.05, 0.1) is 40.0 Å². The molecule has 0 bridgehead atoms. The number of aromatic nitrogens is 1. The SMILES string of the molecule is CCOC(=O)C1=C(C)N=c2s/c(=C\c3cc(Br)c(OCc4ccc(Cl)cc4)c(OC)c3)c(=O)n2[C@H]1c1ccc(Br)cc1. The fourth-order valence-electron chi connectivity index (χ4n) is 4.60. The monoisotopic (exact) mass is 730 g/mol. The number of halogens is 3. The Morgan fingerprint density at radius 3 is 2.50 bits per heavy atom. The van der Waals surface area contributed by atoms with Gasteiger partial charge in [0.2, 0.25) is 0 Å². The van der Waals surface area contributed by atoms with Crippen LogP contribution >= 0.6 is 54.8 Å². The summed E-state index contributed by atoms with van der Waals surface area (Å²) in [6, 6.07) is 17.9. The number of allylic oxidation sites excluding steroid dienone is 1. The molecule has 1 aliphatic rings. The van der Waals surface area contributed by atoms with Crippen molar-refractivity contribution in [3.8, 4) is 11.5 Å². The molecule has 1 atom stereocenters. The Morgan fingerprint density at radius 2 is 1.83 bits per heavy atom. The second kappa shape index (κ2) is 13.0. The van der Waals surface area contributed by atoms with Crippen molar-refractivity contribution in [1.29, 1.82) is 0 Å². The van der Waals surface area contributed by atoms with E-state index < -0.39 is 12.0 Å². The molecule has 0 fully saturated rings. The highest BCUT2D eigenvalue weighted by Gasteiger charge is 2.33. The van der Waals surface area contributed by atoms with Gasteiger partial charge in [0.15, 0.2) is 16.3 Å². The molecule has 7 nitrogen and oxygen atoms in total. The van der Waals surface area contributed by atoms with Crippen LogP contribution in [0.5, 0.6) is 11.5 Å². The summed E-state index contributed by atoms with van der Waals surface area (Å²) in [5.74, 6) is 0.547. The molecule has 1 aliphatic heterocycles. The highest BCUT2D eigenvalue weighted by Crippen LogP contribution is 2.37. The summed E-state index contributed by atoms with van der Waals surface area (Å²) in [5, 5.41) is 0.655. The van der Waals surface area contributed by atoms with Gasteiger partial charge in [-0.3, -0.25) is 9.36 Å². The Bertz CT molecular complexity index is 1870. The van der Waals surface area contributed by atoms with E-state index in [4.69, 9.17) is 25.8 Å². The quantitative estimate of drug-likeness (QED) is 0.192. The van der Waals surface area contributed by atoms with Crippen molar-refractivity contribution in [2.75, 3.05) is 13.7 Å². The molecule has 5 rings (SSSR count). The first-order chi connectivity index (χ1) is 20.2. The molecule has 42 heavy (non-hydrogen) atoms. The number of ether oxygens (including phenoxy) is 3. The van der Waals surface area contributed by atoms with Gasteiger partial charge in [0.1, 0.15) is 6.61 Å². The van der Waals surface area contributed by atoms with Crippen molar-refractivity contribution in [3.63, 3.8) is 0 Å². The average Bonchev–Trinajstić information content (AvgIpc) is 3.26. The number of benzene rings is 3. The molecule has 0 radical (unpaired) electrons. The Morgan fingerprint density at radius 1 is 1.12 bits per heavy atom. The van der Waals surface area contributed by atoms with Gasteiger partial charge in [-0.25, -0.2) is 9.79 Å². The average molecular weight is 733 g/mol. The van der Waals surface area contributed by atoms with Crippen molar-refractivity contribution in [2.24, 2.45) is 4.99 Å². The summed E-state index contributed by atoms with van der Waals surface area (Å²) in [7, 11) is 1.56. The van der Waals surface area contributed by atoms with Gasteiger partial charge in [-0.1, -0.05) is 63.1 Å². The van der Waals surface area contributed by atoms with Crippen molar-refractivity contribution in [1.82, 2.24) is 4.57 Å². The van der Waals surface area contributed by atoms with Crippen LogP contribution in [0, 0.1) is 0 Å². The molecule has 3 aromatic carbocycles. The number of carbonyl (C=O) groups excluding carboxylic acids is 1. The highest BCUT2D eigenvalue weighted by molar-refractivity contribution is 9.10. The van der Waals surface area contributed by atoms with E-state index in [1.165, 1.54) is 11.3 Å². The lowest BCUT2D eigenvalue weighted by atomic mass is 9.96. The van der Waals surface area contributed by atoms with E-state index in [9.17, 15) is 9.59 Å². The lowest BCUT2D eigenvalue weighted by Crippen LogP contribution is -2.39. The molecule has 0 N–H and O–H groups in total. The van der Waals surface area contributed by atoms with Gasteiger partial charge < -0.3 is 14.2 Å². The number of hydrogen-bond donors (Lipinski definition) is 0. The predicted octanol–water partition coefficient (Wildman–Crippen LogP) is 6.56. The zero-order valence-corrected chi connectivity index (χ0v) is 27.6. The van der Waals surface area contributed by atoms with Gasteiger partial charge in [-0.15, -0.1) is 0 Å². The third-order valence-corrected chi connectivity index (χ3v) is 8.90. The van der Waals surface area contributed by atoms with Gasteiger partial charge in [-0.05, 0) is 88.9 Å². The predicted molar refractivity (Wildman–Crippen MR) is 171 cm³/mol. The number of nitrogens with zero attached hydrogens (tertiary/aromatic N) is 2. The van der Waals surface area contributed by atoms with E-state index in [0.717, 1.165) is 21.2 Å². The minimum Gasteiger partial charge on any atom is -0.493 e. The second-order valence-corrected chi connectivity index (χ2v) is 12.5. The molecule has 4 aromatic rings. The number of rotatable bonds is 8. The van der Waals surface area contributed by atoms with Gasteiger partial charge in [0.25, 0.3) is 5.56 Å². The van der Waals surface area contributed by atoms with Crippen molar-refractivity contribution < 1.29 is 19.0 Å². The van der Waals surface area contributed by atoms with Gasteiger partial charge >= 0.3 is 5.97 Å². The molecular weight excluding hydrogens is 708 g/mol.